The number of aliphatic hydroxyl groups excluding tert-OH is 1. The molecule has 1 fully saturated rings. The van der Waals surface area contributed by atoms with Gasteiger partial charge in [-0.15, -0.1) is 6.58 Å². The predicted octanol–water partition coefficient (Wildman–Crippen LogP) is 2.43. The van der Waals surface area contributed by atoms with Gasteiger partial charge in [0.05, 0.1) is 11.8 Å². The molecule has 0 aromatic rings. The van der Waals surface area contributed by atoms with E-state index in [9.17, 15) is 14.7 Å². The van der Waals surface area contributed by atoms with Gasteiger partial charge in [0.25, 0.3) is 0 Å². The summed E-state index contributed by atoms with van der Waals surface area (Å²) in [5.74, 6) is -1.27. The highest BCUT2D eigenvalue weighted by Gasteiger charge is 2.54. The van der Waals surface area contributed by atoms with Gasteiger partial charge in [0, 0.05) is 6.08 Å². The smallest absolute Gasteiger partial charge is 0.170 e. The first-order valence-electron chi connectivity index (χ1n) is 5.98. The van der Waals surface area contributed by atoms with E-state index in [0.29, 0.717) is 6.42 Å². The largest absolute Gasteiger partial charge is 0.511 e. The van der Waals surface area contributed by atoms with E-state index in [4.69, 9.17) is 0 Å². The van der Waals surface area contributed by atoms with E-state index in [1.807, 2.05) is 19.9 Å². The Morgan fingerprint density at radius 2 is 2.18 bits per heavy atom. The summed E-state index contributed by atoms with van der Waals surface area (Å²) in [6.07, 6.45) is 4.45. The average Bonchev–Trinajstić information content (AvgIpc) is 2.19. The number of aliphatic hydroxyl groups is 1. The van der Waals surface area contributed by atoms with Gasteiger partial charge in [0.15, 0.2) is 11.6 Å². The summed E-state index contributed by atoms with van der Waals surface area (Å²) < 4.78 is 0. The van der Waals surface area contributed by atoms with Crippen LogP contribution in [-0.4, -0.2) is 16.7 Å². The Bertz CT molecular complexity index is 417. The number of carbonyl (C=O) groups is 2. The molecule has 2 bridgehead atoms. The van der Waals surface area contributed by atoms with Crippen molar-refractivity contribution in [3.05, 3.63) is 24.5 Å². The molecule has 2 aliphatic rings. The molecule has 3 heteroatoms. The van der Waals surface area contributed by atoms with Crippen molar-refractivity contribution in [3.8, 4) is 0 Å². The van der Waals surface area contributed by atoms with Crippen LogP contribution < -0.4 is 0 Å². The molecule has 0 unspecified atom stereocenters. The summed E-state index contributed by atoms with van der Waals surface area (Å²) in [7, 11) is 0. The van der Waals surface area contributed by atoms with Crippen molar-refractivity contribution in [2.45, 2.75) is 26.7 Å². The van der Waals surface area contributed by atoms with Crippen molar-refractivity contribution in [1.29, 1.82) is 0 Å². The van der Waals surface area contributed by atoms with Crippen molar-refractivity contribution in [2.75, 3.05) is 0 Å². The Morgan fingerprint density at radius 1 is 1.53 bits per heavy atom. The molecule has 2 rings (SSSR count). The van der Waals surface area contributed by atoms with Crippen LogP contribution in [0.1, 0.15) is 26.7 Å². The van der Waals surface area contributed by atoms with Gasteiger partial charge in [-0.1, -0.05) is 19.9 Å². The lowest BCUT2D eigenvalue weighted by atomic mass is 9.54. The zero-order chi connectivity index (χ0) is 12.8. The molecular weight excluding hydrogens is 216 g/mol. The average molecular weight is 234 g/mol. The summed E-state index contributed by atoms with van der Waals surface area (Å²) >= 11 is 0. The third-order valence-electron chi connectivity index (χ3n) is 4.33. The normalized spacial score (nSPS) is 35.4. The molecule has 92 valence electrons. The molecule has 17 heavy (non-hydrogen) atoms. The van der Waals surface area contributed by atoms with Crippen molar-refractivity contribution < 1.29 is 14.7 Å². The fourth-order valence-electron chi connectivity index (χ4n) is 3.21. The highest BCUT2D eigenvalue weighted by atomic mass is 16.3. The second kappa shape index (κ2) is 3.83. The van der Waals surface area contributed by atoms with E-state index in [-0.39, 0.29) is 28.7 Å². The van der Waals surface area contributed by atoms with Crippen LogP contribution in [0.2, 0.25) is 0 Å². The van der Waals surface area contributed by atoms with E-state index in [1.54, 1.807) is 0 Å². The second-order valence-electron chi connectivity index (χ2n) is 5.64. The summed E-state index contributed by atoms with van der Waals surface area (Å²) in [6.45, 7) is 7.66. The Balaban J connectivity index is 2.46. The fraction of sp³-hybridized carbons (Fsp3) is 0.571. The maximum atomic E-state index is 12.1. The molecule has 1 N–H and O–H groups in total. The maximum Gasteiger partial charge on any atom is 0.170 e. The van der Waals surface area contributed by atoms with Gasteiger partial charge >= 0.3 is 0 Å². The first kappa shape index (κ1) is 12.1. The summed E-state index contributed by atoms with van der Waals surface area (Å²) in [5, 5.41) is 9.71. The molecule has 1 saturated carbocycles. The Labute approximate surface area is 101 Å². The monoisotopic (exact) mass is 234 g/mol. The van der Waals surface area contributed by atoms with Gasteiger partial charge in [-0.2, -0.15) is 0 Å². The van der Waals surface area contributed by atoms with Gasteiger partial charge in [-0.05, 0) is 24.2 Å². The summed E-state index contributed by atoms with van der Waals surface area (Å²) in [4.78, 5) is 24.1. The Hall–Kier alpha value is -1.38. The topological polar surface area (TPSA) is 54.4 Å². The van der Waals surface area contributed by atoms with Crippen LogP contribution in [0.15, 0.2) is 24.5 Å². The molecule has 0 aromatic carbocycles. The van der Waals surface area contributed by atoms with Gasteiger partial charge in [0.1, 0.15) is 5.76 Å². The van der Waals surface area contributed by atoms with E-state index in [1.165, 1.54) is 6.08 Å². The molecule has 0 aliphatic heterocycles. The lowest BCUT2D eigenvalue weighted by molar-refractivity contribution is -0.146. The Kier molecular flexibility index (Phi) is 2.72. The van der Waals surface area contributed by atoms with Crippen molar-refractivity contribution in [1.82, 2.24) is 0 Å². The standard InChI is InChI=1S/C14H18O3/c1-4-5-8-6-9-10(15)7-11(16)12(13(9)17)14(8,2)3/h4,7-9,12,15H,1,5-6H2,2-3H3/t8-,9+,12-/m0/s1. The first-order chi connectivity index (χ1) is 7.89. The fourth-order valence-corrected chi connectivity index (χ4v) is 3.21. The lowest BCUT2D eigenvalue weighted by Gasteiger charge is -2.47. The molecule has 3 atom stereocenters. The molecule has 0 amide bonds. The van der Waals surface area contributed by atoms with Crippen LogP contribution in [-0.2, 0) is 9.59 Å². The first-order valence-corrected chi connectivity index (χ1v) is 5.98. The summed E-state index contributed by atoms with van der Waals surface area (Å²) in [6, 6.07) is 0. The van der Waals surface area contributed by atoms with Crippen LogP contribution >= 0.6 is 0 Å². The van der Waals surface area contributed by atoms with Gasteiger partial charge in [-0.25, -0.2) is 0 Å². The molecule has 0 aromatic heterocycles. The molecule has 0 heterocycles. The minimum Gasteiger partial charge on any atom is -0.511 e. The van der Waals surface area contributed by atoms with E-state index >= 15 is 0 Å². The van der Waals surface area contributed by atoms with Crippen LogP contribution in [0.25, 0.3) is 0 Å². The molecule has 2 aliphatic carbocycles. The van der Waals surface area contributed by atoms with E-state index < -0.39 is 11.8 Å². The minimum absolute atomic E-state index is 0.0548. The third-order valence-corrected chi connectivity index (χ3v) is 4.33. The third kappa shape index (κ3) is 1.65. The van der Waals surface area contributed by atoms with Gasteiger partial charge in [-0.3, -0.25) is 9.59 Å². The van der Waals surface area contributed by atoms with E-state index in [0.717, 1.165) is 6.42 Å². The highest BCUT2D eigenvalue weighted by Crippen LogP contribution is 2.50. The van der Waals surface area contributed by atoms with E-state index in [2.05, 4.69) is 6.58 Å². The number of Topliss-reactive ketones (excluding diaryl/α,β-unsaturated/α-hetero) is 1. The molecular formula is C14H18O3. The minimum atomic E-state index is -0.595. The molecule has 0 radical (unpaired) electrons. The number of fused-ring (bicyclic) bond motifs is 2. The van der Waals surface area contributed by atoms with Gasteiger partial charge < -0.3 is 5.11 Å². The SMILES string of the molecule is C=CC[C@H]1C[C@H]2C(=O)[C@H](C(=O)C=C2O)C1(C)C. The quantitative estimate of drug-likeness (QED) is 0.589. The van der Waals surface area contributed by atoms with Crippen molar-refractivity contribution >= 4 is 11.6 Å². The van der Waals surface area contributed by atoms with Crippen molar-refractivity contribution in [2.24, 2.45) is 23.2 Å². The molecule has 3 nitrogen and oxygen atoms in total. The number of ketones is 2. The summed E-state index contributed by atoms with van der Waals surface area (Å²) in [5.41, 5.74) is -0.351. The second-order valence-corrected chi connectivity index (χ2v) is 5.64. The lowest BCUT2D eigenvalue weighted by Crippen LogP contribution is -2.52. The predicted molar refractivity (Wildman–Crippen MR) is 64.4 cm³/mol. The zero-order valence-electron chi connectivity index (χ0n) is 10.3. The Morgan fingerprint density at radius 3 is 2.76 bits per heavy atom. The number of hydrogen-bond donors (Lipinski definition) is 1. The maximum absolute atomic E-state index is 12.1. The molecule has 0 saturated heterocycles. The van der Waals surface area contributed by atoms with Crippen LogP contribution in [0.4, 0.5) is 0 Å². The highest BCUT2D eigenvalue weighted by molar-refractivity contribution is 6.13. The molecule has 0 spiro atoms. The zero-order valence-corrected chi connectivity index (χ0v) is 10.3. The number of rotatable bonds is 2. The number of hydrogen-bond acceptors (Lipinski definition) is 3. The van der Waals surface area contributed by atoms with Gasteiger partial charge in [0.2, 0.25) is 0 Å². The van der Waals surface area contributed by atoms with Crippen LogP contribution in [0.3, 0.4) is 0 Å². The van der Waals surface area contributed by atoms with Crippen LogP contribution in [0.5, 0.6) is 0 Å². The number of carbonyl (C=O) groups excluding carboxylic acids is 2. The van der Waals surface area contributed by atoms with Crippen molar-refractivity contribution in [3.63, 3.8) is 0 Å². The van der Waals surface area contributed by atoms with Crippen LogP contribution in [0, 0.1) is 23.2 Å². The number of allylic oxidation sites excluding steroid dienone is 3.